The van der Waals surface area contributed by atoms with E-state index in [1.807, 2.05) is 54.6 Å². The standard InChI is InChI=1S/C27H25FN4O3/c1-34-22-12-6-13-23(17-22)35-18-25-29-30-26(32(25)21-10-3-2-4-11-21)27(33)31-15-7-14-24(31)19-8-5-9-20(28)16-19/h2-6,8-13,16-17,24H,7,14-15,18H2,1H3/t24-/m1/s1. The van der Waals surface area contributed by atoms with Crippen molar-refractivity contribution < 1.29 is 18.7 Å². The summed E-state index contributed by atoms with van der Waals surface area (Å²) in [7, 11) is 1.60. The number of halogens is 1. The van der Waals surface area contributed by atoms with Crippen LogP contribution in [0.4, 0.5) is 4.39 Å². The molecule has 1 fully saturated rings. The van der Waals surface area contributed by atoms with Crippen LogP contribution in [0.1, 0.15) is 40.9 Å². The number of rotatable bonds is 7. The lowest BCUT2D eigenvalue weighted by Gasteiger charge is -2.25. The zero-order chi connectivity index (χ0) is 24.2. The van der Waals surface area contributed by atoms with Gasteiger partial charge >= 0.3 is 0 Å². The molecule has 8 heteroatoms. The summed E-state index contributed by atoms with van der Waals surface area (Å²) in [4.78, 5) is 15.5. The fourth-order valence-corrected chi connectivity index (χ4v) is 4.43. The molecular weight excluding hydrogens is 447 g/mol. The van der Waals surface area contributed by atoms with Gasteiger partial charge in [-0.2, -0.15) is 0 Å². The summed E-state index contributed by atoms with van der Waals surface area (Å²) in [6.45, 7) is 0.674. The highest BCUT2D eigenvalue weighted by Gasteiger charge is 2.34. The third kappa shape index (κ3) is 4.73. The molecule has 0 radical (unpaired) electrons. The topological polar surface area (TPSA) is 69.5 Å². The summed E-state index contributed by atoms with van der Waals surface area (Å²) >= 11 is 0. The molecule has 7 nitrogen and oxygen atoms in total. The number of methoxy groups -OCH3 is 1. The summed E-state index contributed by atoms with van der Waals surface area (Å²) < 4.78 is 26.8. The van der Waals surface area contributed by atoms with Crippen molar-refractivity contribution in [3.05, 3.63) is 102 Å². The second kappa shape index (κ2) is 9.97. The molecule has 35 heavy (non-hydrogen) atoms. The van der Waals surface area contributed by atoms with Gasteiger partial charge in [-0.05, 0) is 54.8 Å². The van der Waals surface area contributed by atoms with Gasteiger partial charge in [0.15, 0.2) is 5.82 Å². The van der Waals surface area contributed by atoms with E-state index in [4.69, 9.17) is 9.47 Å². The highest BCUT2D eigenvalue weighted by molar-refractivity contribution is 5.92. The van der Waals surface area contributed by atoms with Crippen LogP contribution in [0.15, 0.2) is 78.9 Å². The zero-order valence-corrected chi connectivity index (χ0v) is 19.3. The van der Waals surface area contributed by atoms with Crippen LogP contribution in [0, 0.1) is 5.82 Å². The first kappa shape index (κ1) is 22.6. The molecule has 5 rings (SSSR count). The maximum Gasteiger partial charge on any atom is 0.292 e. The summed E-state index contributed by atoms with van der Waals surface area (Å²) in [5.41, 5.74) is 1.54. The van der Waals surface area contributed by atoms with Gasteiger partial charge in [-0.1, -0.05) is 36.4 Å². The van der Waals surface area contributed by atoms with E-state index in [1.165, 1.54) is 12.1 Å². The van der Waals surface area contributed by atoms with E-state index >= 15 is 0 Å². The van der Waals surface area contributed by atoms with Crippen LogP contribution in [0.25, 0.3) is 5.69 Å². The maximum absolute atomic E-state index is 13.9. The van der Waals surface area contributed by atoms with Crippen molar-refractivity contribution in [3.63, 3.8) is 0 Å². The smallest absolute Gasteiger partial charge is 0.292 e. The number of carbonyl (C=O) groups is 1. The minimum Gasteiger partial charge on any atom is -0.497 e. The molecule has 3 aromatic carbocycles. The molecule has 1 aliphatic heterocycles. The Morgan fingerprint density at radius 1 is 1.00 bits per heavy atom. The van der Waals surface area contributed by atoms with Crippen molar-refractivity contribution in [2.75, 3.05) is 13.7 Å². The molecule has 2 heterocycles. The van der Waals surface area contributed by atoms with Crippen molar-refractivity contribution in [3.8, 4) is 17.2 Å². The SMILES string of the molecule is COc1cccc(OCc2nnc(C(=O)N3CCC[C@@H]3c3cccc(F)c3)n2-c2ccccc2)c1. The van der Waals surface area contributed by atoms with Crippen LogP contribution in [0.3, 0.4) is 0 Å². The minimum atomic E-state index is -0.314. The molecular formula is C27H25FN4O3. The lowest BCUT2D eigenvalue weighted by atomic mass is 10.0. The molecule has 0 N–H and O–H groups in total. The van der Waals surface area contributed by atoms with Gasteiger partial charge < -0.3 is 14.4 Å². The first-order valence-corrected chi connectivity index (χ1v) is 11.5. The molecule has 1 amide bonds. The third-order valence-electron chi connectivity index (χ3n) is 6.09. The fraction of sp³-hybridized carbons (Fsp3) is 0.222. The van der Waals surface area contributed by atoms with Crippen molar-refractivity contribution in [2.45, 2.75) is 25.5 Å². The molecule has 1 aromatic heterocycles. The molecule has 0 spiro atoms. The highest BCUT2D eigenvalue weighted by Crippen LogP contribution is 2.33. The number of benzene rings is 3. The second-order valence-electron chi connectivity index (χ2n) is 8.29. The Morgan fingerprint density at radius 2 is 1.80 bits per heavy atom. The normalized spacial score (nSPS) is 15.3. The number of nitrogens with zero attached hydrogens (tertiary/aromatic N) is 4. The number of aromatic nitrogens is 3. The monoisotopic (exact) mass is 472 g/mol. The van der Waals surface area contributed by atoms with Crippen LogP contribution >= 0.6 is 0 Å². The predicted octanol–water partition coefficient (Wildman–Crippen LogP) is 4.97. The molecule has 4 aromatic rings. The Balaban J connectivity index is 1.46. The number of para-hydroxylation sites is 1. The van der Waals surface area contributed by atoms with E-state index in [2.05, 4.69) is 10.2 Å². The molecule has 0 unspecified atom stereocenters. The first-order chi connectivity index (χ1) is 17.1. The quantitative estimate of drug-likeness (QED) is 0.380. The Kier molecular flexibility index (Phi) is 6.43. The number of carbonyl (C=O) groups excluding carboxylic acids is 1. The number of hydrogen-bond donors (Lipinski definition) is 0. The number of ether oxygens (including phenoxy) is 2. The Bertz CT molecular complexity index is 1330. The van der Waals surface area contributed by atoms with Gasteiger partial charge in [-0.15, -0.1) is 10.2 Å². The summed E-state index contributed by atoms with van der Waals surface area (Å²) in [5, 5.41) is 8.58. The fourth-order valence-electron chi connectivity index (χ4n) is 4.43. The van der Waals surface area contributed by atoms with Gasteiger partial charge in [-0.25, -0.2) is 4.39 Å². The van der Waals surface area contributed by atoms with Gasteiger partial charge in [0.2, 0.25) is 5.82 Å². The van der Waals surface area contributed by atoms with Crippen LogP contribution in [0.2, 0.25) is 0 Å². The van der Waals surface area contributed by atoms with E-state index in [0.717, 1.165) is 24.1 Å². The van der Waals surface area contributed by atoms with E-state index in [-0.39, 0.29) is 30.2 Å². The van der Waals surface area contributed by atoms with Crippen molar-refractivity contribution in [2.24, 2.45) is 0 Å². The van der Waals surface area contributed by atoms with Gasteiger partial charge in [0, 0.05) is 18.3 Å². The predicted molar refractivity (Wildman–Crippen MR) is 128 cm³/mol. The van der Waals surface area contributed by atoms with E-state index < -0.39 is 0 Å². The van der Waals surface area contributed by atoms with Crippen molar-refractivity contribution in [1.29, 1.82) is 0 Å². The Morgan fingerprint density at radius 3 is 2.60 bits per heavy atom. The molecule has 0 bridgehead atoms. The lowest BCUT2D eigenvalue weighted by molar-refractivity contribution is 0.0720. The van der Waals surface area contributed by atoms with E-state index in [9.17, 15) is 9.18 Å². The average molecular weight is 473 g/mol. The Hall–Kier alpha value is -4.20. The third-order valence-corrected chi connectivity index (χ3v) is 6.09. The lowest BCUT2D eigenvalue weighted by Crippen LogP contribution is -2.32. The Labute approximate surface area is 202 Å². The van der Waals surface area contributed by atoms with E-state index in [1.54, 1.807) is 28.7 Å². The molecule has 0 saturated carbocycles. The van der Waals surface area contributed by atoms with E-state index in [0.29, 0.717) is 23.9 Å². The van der Waals surface area contributed by atoms with Crippen molar-refractivity contribution >= 4 is 5.91 Å². The van der Waals surface area contributed by atoms with Crippen LogP contribution in [0.5, 0.6) is 11.5 Å². The largest absolute Gasteiger partial charge is 0.497 e. The first-order valence-electron chi connectivity index (χ1n) is 11.5. The average Bonchev–Trinajstić information content (AvgIpc) is 3.55. The minimum absolute atomic E-state index is 0.107. The second-order valence-corrected chi connectivity index (χ2v) is 8.29. The van der Waals surface area contributed by atoms with Gasteiger partial charge in [-0.3, -0.25) is 9.36 Å². The molecule has 0 aliphatic carbocycles. The molecule has 1 atom stereocenters. The maximum atomic E-state index is 13.9. The van der Waals surface area contributed by atoms with Crippen LogP contribution < -0.4 is 9.47 Å². The van der Waals surface area contributed by atoms with Gasteiger partial charge in [0.05, 0.1) is 13.2 Å². The van der Waals surface area contributed by atoms with Gasteiger partial charge in [0.25, 0.3) is 5.91 Å². The van der Waals surface area contributed by atoms with Crippen LogP contribution in [-0.4, -0.2) is 39.2 Å². The van der Waals surface area contributed by atoms with Gasteiger partial charge in [0.1, 0.15) is 23.9 Å². The summed E-state index contributed by atoms with van der Waals surface area (Å²) in [6.07, 6.45) is 1.60. The summed E-state index contributed by atoms with van der Waals surface area (Å²) in [5.74, 6) is 1.42. The molecule has 178 valence electrons. The van der Waals surface area contributed by atoms with Crippen LogP contribution in [-0.2, 0) is 6.61 Å². The zero-order valence-electron chi connectivity index (χ0n) is 19.3. The number of amides is 1. The number of hydrogen-bond acceptors (Lipinski definition) is 5. The highest BCUT2D eigenvalue weighted by atomic mass is 19.1. The summed E-state index contributed by atoms with van der Waals surface area (Å²) in [6, 6.07) is 23.0. The molecule has 1 aliphatic rings. The van der Waals surface area contributed by atoms with Crippen molar-refractivity contribution in [1.82, 2.24) is 19.7 Å². The molecule has 1 saturated heterocycles. The number of likely N-dealkylation sites (tertiary alicyclic amines) is 1.